The average Bonchev–Trinajstić information content (AvgIpc) is 3.39. The fraction of sp³-hybridized carbons (Fsp3) is 0.875. The number of aliphatic hydroxyl groups excluding tert-OH is 4. The van der Waals surface area contributed by atoms with Gasteiger partial charge in [-0.3, -0.25) is 9.80 Å². The maximum atomic E-state index is 13.7. The van der Waals surface area contributed by atoms with E-state index in [0.29, 0.717) is 52.1 Å². The van der Waals surface area contributed by atoms with E-state index in [-0.39, 0.29) is 19.6 Å². The molecule has 1 aromatic rings. The molecular weight excluding hydrogens is 939 g/mol. The number of ether oxygens (including phenoxy) is 2. The standard InChI is InChI=1S/C64H121N3O8/c1-5-9-13-17-21-25-29-36-44-58(68)53-66(54-59(69)45-37-30-26-22-18-14-10-6-2)48-40-50-74-63(72)62(52-57-42-34-33-35-43-57)65-64(73)75-51-41-49-67(55-60(70)46-38-31-27-23-19-15-11-7-3)56-61(71)47-39-32-28-24-20-16-12-8-4/h33-35,42-43,58-62,68-71H,5-32,36-41,44-56H2,1-4H3,(H,65,73)/t58?,59?,60?,61?,62-/m0/s1. The number of aliphatic hydroxyl groups is 4. The third kappa shape index (κ3) is 45.3. The topological polar surface area (TPSA) is 152 Å². The molecule has 1 aromatic carbocycles. The van der Waals surface area contributed by atoms with Crippen LogP contribution in [0.2, 0.25) is 0 Å². The zero-order valence-corrected chi connectivity index (χ0v) is 49.3. The third-order valence-corrected chi connectivity index (χ3v) is 15.0. The van der Waals surface area contributed by atoms with E-state index in [0.717, 1.165) is 82.6 Å². The van der Waals surface area contributed by atoms with Crippen LogP contribution >= 0.6 is 0 Å². The van der Waals surface area contributed by atoms with Crippen LogP contribution in [-0.4, -0.2) is 125 Å². The van der Waals surface area contributed by atoms with Gasteiger partial charge in [0.25, 0.3) is 0 Å². The average molecular weight is 1060 g/mol. The summed E-state index contributed by atoms with van der Waals surface area (Å²) >= 11 is 0. The monoisotopic (exact) mass is 1060 g/mol. The fourth-order valence-corrected chi connectivity index (χ4v) is 10.4. The van der Waals surface area contributed by atoms with Crippen LogP contribution in [0.15, 0.2) is 30.3 Å². The van der Waals surface area contributed by atoms with Crippen LogP contribution in [0.5, 0.6) is 0 Å². The summed E-state index contributed by atoms with van der Waals surface area (Å²) in [5.74, 6) is -0.533. The van der Waals surface area contributed by atoms with Gasteiger partial charge in [-0.15, -0.1) is 0 Å². The molecule has 1 amide bonds. The number of nitrogens with zero attached hydrogens (tertiary/aromatic N) is 2. The van der Waals surface area contributed by atoms with Crippen LogP contribution in [0.25, 0.3) is 0 Å². The Morgan fingerprint density at radius 1 is 0.413 bits per heavy atom. The number of amides is 1. The Labute approximate surface area is 461 Å². The van der Waals surface area contributed by atoms with Gasteiger partial charge in [-0.2, -0.15) is 0 Å². The Morgan fingerprint density at radius 2 is 0.707 bits per heavy atom. The summed E-state index contributed by atoms with van der Waals surface area (Å²) in [5, 5.41) is 47.2. The van der Waals surface area contributed by atoms with E-state index < -0.39 is 42.5 Å². The van der Waals surface area contributed by atoms with Crippen LogP contribution in [0, 0.1) is 0 Å². The summed E-state index contributed by atoms with van der Waals surface area (Å²) < 4.78 is 11.5. The normalized spacial score (nSPS) is 13.8. The van der Waals surface area contributed by atoms with Crippen molar-refractivity contribution in [1.29, 1.82) is 0 Å². The lowest BCUT2D eigenvalue weighted by molar-refractivity contribution is -0.146. The van der Waals surface area contributed by atoms with Gasteiger partial charge in [-0.1, -0.05) is 263 Å². The summed E-state index contributed by atoms with van der Waals surface area (Å²) in [7, 11) is 0. The molecule has 0 saturated heterocycles. The molecule has 0 aromatic heterocycles. The molecule has 11 heteroatoms. The molecule has 1 rings (SSSR count). The molecule has 0 radical (unpaired) electrons. The number of hydrogen-bond acceptors (Lipinski definition) is 10. The van der Waals surface area contributed by atoms with Crippen LogP contribution in [0.1, 0.15) is 277 Å². The number of benzene rings is 1. The van der Waals surface area contributed by atoms with Crippen molar-refractivity contribution in [3.8, 4) is 0 Å². The van der Waals surface area contributed by atoms with E-state index in [4.69, 9.17) is 9.47 Å². The Hall–Kier alpha value is -2.28. The Kier molecular flexibility index (Phi) is 49.4. The molecule has 75 heavy (non-hydrogen) atoms. The predicted molar refractivity (Wildman–Crippen MR) is 314 cm³/mol. The maximum absolute atomic E-state index is 13.7. The van der Waals surface area contributed by atoms with Gasteiger partial charge < -0.3 is 35.2 Å². The molecule has 440 valence electrons. The zero-order valence-electron chi connectivity index (χ0n) is 49.3. The second kappa shape index (κ2) is 52.4. The summed E-state index contributed by atoms with van der Waals surface area (Å²) in [5.41, 5.74) is 0.883. The molecule has 0 bridgehead atoms. The predicted octanol–water partition coefficient (Wildman–Crippen LogP) is 14.8. The van der Waals surface area contributed by atoms with Crippen molar-refractivity contribution in [2.24, 2.45) is 0 Å². The summed E-state index contributed by atoms with van der Waals surface area (Å²) in [4.78, 5) is 31.2. The summed E-state index contributed by atoms with van der Waals surface area (Å²) in [6.07, 6.45) is 40.5. The molecular formula is C64H121N3O8. The molecule has 11 nitrogen and oxygen atoms in total. The number of carbonyl (C=O) groups excluding carboxylic acids is 2. The Bertz CT molecular complexity index is 1320. The molecule has 0 aliphatic rings. The van der Waals surface area contributed by atoms with Gasteiger partial charge in [-0.25, -0.2) is 9.59 Å². The highest BCUT2D eigenvalue weighted by Gasteiger charge is 2.25. The zero-order chi connectivity index (χ0) is 54.7. The van der Waals surface area contributed by atoms with Crippen LogP contribution in [0.4, 0.5) is 4.79 Å². The summed E-state index contributed by atoms with van der Waals surface area (Å²) in [6.45, 7) is 12.3. The molecule has 0 heterocycles. The van der Waals surface area contributed by atoms with Crippen molar-refractivity contribution in [2.45, 2.75) is 309 Å². The first-order valence-electron chi connectivity index (χ1n) is 31.9. The SMILES string of the molecule is CCCCCCCCCCC(O)CN(CCCOC(=O)N[C@@H](Cc1ccccc1)C(=O)OCCCN(CC(O)CCCCCCCCCC)CC(O)CCCCCCCCCC)CC(O)CCCCCCCCCC. The number of alkyl carbamates (subject to hydrolysis) is 1. The van der Waals surface area contributed by atoms with Gasteiger partial charge in [0, 0.05) is 45.7 Å². The Morgan fingerprint density at radius 3 is 1.03 bits per heavy atom. The first kappa shape index (κ1) is 70.7. The molecule has 0 aliphatic heterocycles. The molecule has 0 spiro atoms. The molecule has 0 aliphatic carbocycles. The minimum atomic E-state index is -0.951. The number of unbranched alkanes of at least 4 members (excludes halogenated alkanes) is 28. The van der Waals surface area contributed by atoms with E-state index in [2.05, 4.69) is 42.8 Å². The highest BCUT2D eigenvalue weighted by Crippen LogP contribution is 2.17. The number of nitrogens with one attached hydrogen (secondary N) is 1. The highest BCUT2D eigenvalue weighted by molar-refractivity contribution is 5.81. The smallest absolute Gasteiger partial charge is 0.407 e. The van der Waals surface area contributed by atoms with Crippen molar-refractivity contribution in [3.63, 3.8) is 0 Å². The van der Waals surface area contributed by atoms with E-state index in [1.165, 1.54) is 154 Å². The molecule has 0 saturated carbocycles. The second-order valence-corrected chi connectivity index (χ2v) is 22.6. The summed E-state index contributed by atoms with van der Waals surface area (Å²) in [6, 6.07) is 8.61. The lowest BCUT2D eigenvalue weighted by Gasteiger charge is -2.27. The van der Waals surface area contributed by atoms with E-state index >= 15 is 0 Å². The molecule has 5 N–H and O–H groups in total. The van der Waals surface area contributed by atoms with Crippen LogP contribution in [0.3, 0.4) is 0 Å². The van der Waals surface area contributed by atoms with Gasteiger partial charge >= 0.3 is 12.1 Å². The Balaban J connectivity index is 2.80. The number of esters is 1. The van der Waals surface area contributed by atoms with E-state index in [9.17, 15) is 30.0 Å². The van der Waals surface area contributed by atoms with Gasteiger partial charge in [-0.05, 0) is 44.1 Å². The number of rotatable bonds is 56. The minimum Gasteiger partial charge on any atom is -0.464 e. The van der Waals surface area contributed by atoms with Crippen molar-refractivity contribution in [1.82, 2.24) is 15.1 Å². The lowest BCUT2D eigenvalue weighted by Crippen LogP contribution is -2.44. The maximum Gasteiger partial charge on any atom is 0.407 e. The van der Waals surface area contributed by atoms with Crippen molar-refractivity contribution >= 4 is 12.1 Å². The van der Waals surface area contributed by atoms with E-state index in [1.54, 1.807) is 0 Å². The van der Waals surface area contributed by atoms with Crippen LogP contribution < -0.4 is 5.32 Å². The minimum absolute atomic E-state index is 0.128. The first-order chi connectivity index (χ1) is 36.6. The third-order valence-electron chi connectivity index (χ3n) is 15.0. The molecule has 5 atom stereocenters. The second-order valence-electron chi connectivity index (χ2n) is 22.6. The molecule has 4 unspecified atom stereocenters. The molecule has 0 fully saturated rings. The van der Waals surface area contributed by atoms with E-state index in [1.807, 2.05) is 30.3 Å². The highest BCUT2D eigenvalue weighted by atomic mass is 16.6. The van der Waals surface area contributed by atoms with Crippen molar-refractivity contribution < 1.29 is 39.5 Å². The van der Waals surface area contributed by atoms with Crippen molar-refractivity contribution in [3.05, 3.63) is 35.9 Å². The van der Waals surface area contributed by atoms with Crippen LogP contribution in [-0.2, 0) is 20.7 Å². The number of hydrogen-bond donors (Lipinski definition) is 5. The van der Waals surface area contributed by atoms with Gasteiger partial charge in [0.05, 0.1) is 37.6 Å². The van der Waals surface area contributed by atoms with Gasteiger partial charge in [0.1, 0.15) is 6.04 Å². The largest absolute Gasteiger partial charge is 0.464 e. The van der Waals surface area contributed by atoms with Gasteiger partial charge in [0.2, 0.25) is 0 Å². The fourth-order valence-electron chi connectivity index (χ4n) is 10.4. The quantitative estimate of drug-likeness (QED) is 0.0315. The van der Waals surface area contributed by atoms with Gasteiger partial charge in [0.15, 0.2) is 0 Å². The number of carbonyl (C=O) groups is 2. The first-order valence-corrected chi connectivity index (χ1v) is 31.9. The lowest BCUT2D eigenvalue weighted by atomic mass is 10.0. The van der Waals surface area contributed by atoms with Crippen molar-refractivity contribution in [2.75, 3.05) is 52.5 Å².